The van der Waals surface area contributed by atoms with Gasteiger partial charge in [-0.25, -0.2) is 0 Å². The molecule has 6 heteroatoms. The van der Waals surface area contributed by atoms with Gasteiger partial charge in [-0.05, 0) is 32.1 Å². The fourth-order valence-electron chi connectivity index (χ4n) is 3.71. The first-order valence-electron chi connectivity index (χ1n) is 8.99. The van der Waals surface area contributed by atoms with Crippen molar-refractivity contribution in [3.8, 4) is 0 Å². The molecule has 1 saturated heterocycles. The van der Waals surface area contributed by atoms with Crippen molar-refractivity contribution in [3.63, 3.8) is 0 Å². The molecule has 5 nitrogen and oxygen atoms in total. The quantitative estimate of drug-likeness (QED) is 0.750. The van der Waals surface area contributed by atoms with Crippen LogP contribution in [0.15, 0.2) is 0 Å². The number of nitrogens with one attached hydrogen (secondary N) is 1. The molecule has 2 fully saturated rings. The van der Waals surface area contributed by atoms with Gasteiger partial charge in [0.05, 0.1) is 0 Å². The largest absolute Gasteiger partial charge is 0.354 e. The minimum atomic E-state index is -0.00469. The third-order valence-electron chi connectivity index (χ3n) is 5.02. The van der Waals surface area contributed by atoms with Crippen molar-refractivity contribution in [2.45, 2.75) is 70.3 Å². The Labute approximate surface area is 146 Å². The number of amides is 2. The van der Waals surface area contributed by atoms with E-state index in [1.807, 2.05) is 0 Å². The van der Waals surface area contributed by atoms with Gasteiger partial charge in [0.15, 0.2) is 0 Å². The van der Waals surface area contributed by atoms with Crippen LogP contribution < -0.4 is 11.1 Å². The van der Waals surface area contributed by atoms with Crippen LogP contribution in [0.25, 0.3) is 0 Å². The molecule has 1 saturated carbocycles. The molecule has 0 radical (unpaired) electrons. The van der Waals surface area contributed by atoms with Gasteiger partial charge in [-0.3, -0.25) is 9.59 Å². The highest BCUT2D eigenvalue weighted by molar-refractivity contribution is 5.85. The zero-order chi connectivity index (χ0) is 15.8. The zero-order valence-electron chi connectivity index (χ0n) is 14.1. The summed E-state index contributed by atoms with van der Waals surface area (Å²) < 4.78 is 0. The molecule has 0 aromatic rings. The molecule has 0 aromatic heterocycles. The van der Waals surface area contributed by atoms with Gasteiger partial charge >= 0.3 is 0 Å². The maximum Gasteiger partial charge on any atom is 0.225 e. The van der Waals surface area contributed by atoms with Crippen molar-refractivity contribution in [3.05, 3.63) is 0 Å². The predicted molar refractivity (Wildman–Crippen MR) is 94.5 cm³/mol. The number of halogens is 1. The Morgan fingerprint density at radius 3 is 2.30 bits per heavy atom. The summed E-state index contributed by atoms with van der Waals surface area (Å²) in [4.78, 5) is 26.6. The van der Waals surface area contributed by atoms with E-state index in [0.717, 1.165) is 38.6 Å². The minimum Gasteiger partial charge on any atom is -0.354 e. The van der Waals surface area contributed by atoms with E-state index in [1.54, 1.807) is 0 Å². The van der Waals surface area contributed by atoms with E-state index in [1.165, 1.54) is 25.7 Å². The molecule has 1 aliphatic heterocycles. The standard InChI is InChI=1S/C17H31N3O2.ClH/c18-11-10-16(21)19-13-15-9-5-6-12-20(15)17(22)14-7-3-1-2-4-8-14;/h14-15H,1-13,18H2,(H,19,21);1H. The highest BCUT2D eigenvalue weighted by Crippen LogP contribution is 2.27. The third-order valence-corrected chi connectivity index (χ3v) is 5.02. The van der Waals surface area contributed by atoms with Gasteiger partial charge in [0, 0.05) is 38.0 Å². The maximum atomic E-state index is 12.9. The predicted octanol–water partition coefficient (Wildman–Crippen LogP) is 2.22. The molecular weight excluding hydrogens is 314 g/mol. The van der Waals surface area contributed by atoms with Crippen LogP contribution >= 0.6 is 12.4 Å². The third kappa shape index (κ3) is 6.30. The molecule has 2 rings (SSSR count). The van der Waals surface area contributed by atoms with Gasteiger partial charge in [-0.15, -0.1) is 12.4 Å². The van der Waals surface area contributed by atoms with Crippen LogP contribution in [-0.2, 0) is 9.59 Å². The molecule has 1 unspecified atom stereocenters. The Kier molecular flexibility index (Phi) is 9.56. The van der Waals surface area contributed by atoms with E-state index in [2.05, 4.69) is 10.2 Å². The number of hydrogen-bond acceptors (Lipinski definition) is 3. The van der Waals surface area contributed by atoms with Crippen molar-refractivity contribution < 1.29 is 9.59 Å². The Morgan fingerprint density at radius 2 is 1.65 bits per heavy atom. The molecule has 0 spiro atoms. The van der Waals surface area contributed by atoms with Crippen LogP contribution in [0.4, 0.5) is 0 Å². The Hall–Kier alpha value is -0.810. The topological polar surface area (TPSA) is 75.4 Å². The molecule has 2 amide bonds. The molecule has 23 heavy (non-hydrogen) atoms. The van der Waals surface area contributed by atoms with Gasteiger partial charge in [0.1, 0.15) is 0 Å². The maximum absolute atomic E-state index is 12.9. The van der Waals surface area contributed by atoms with E-state index in [4.69, 9.17) is 5.73 Å². The second kappa shape index (κ2) is 10.9. The summed E-state index contributed by atoms with van der Waals surface area (Å²) in [6.45, 7) is 1.81. The van der Waals surface area contributed by atoms with Crippen molar-refractivity contribution in [2.24, 2.45) is 11.7 Å². The fourth-order valence-corrected chi connectivity index (χ4v) is 3.71. The second-order valence-corrected chi connectivity index (χ2v) is 6.71. The molecule has 1 aliphatic carbocycles. The van der Waals surface area contributed by atoms with Gasteiger partial charge < -0.3 is 16.0 Å². The SMILES string of the molecule is Cl.NCCC(=O)NCC1CCCCN1C(=O)C1CCCCCC1. The number of likely N-dealkylation sites (tertiary alicyclic amines) is 1. The first kappa shape index (κ1) is 20.2. The van der Waals surface area contributed by atoms with Gasteiger partial charge in [0.25, 0.3) is 0 Å². The number of nitrogens with two attached hydrogens (primary N) is 1. The molecular formula is C17H32ClN3O2. The van der Waals surface area contributed by atoms with E-state index in [-0.39, 0.29) is 30.3 Å². The summed E-state index contributed by atoms with van der Waals surface area (Å²) in [5, 5.41) is 2.94. The van der Waals surface area contributed by atoms with Crippen molar-refractivity contribution >= 4 is 24.2 Å². The van der Waals surface area contributed by atoms with E-state index >= 15 is 0 Å². The summed E-state index contributed by atoms with van der Waals surface area (Å²) >= 11 is 0. The van der Waals surface area contributed by atoms with Crippen LogP contribution in [0.1, 0.15) is 64.2 Å². The fraction of sp³-hybridized carbons (Fsp3) is 0.882. The van der Waals surface area contributed by atoms with Crippen LogP contribution in [0.5, 0.6) is 0 Å². The molecule has 0 aromatic carbocycles. The lowest BCUT2D eigenvalue weighted by Gasteiger charge is -2.38. The van der Waals surface area contributed by atoms with Crippen molar-refractivity contribution in [1.82, 2.24) is 10.2 Å². The van der Waals surface area contributed by atoms with Crippen LogP contribution in [0.2, 0.25) is 0 Å². The minimum absolute atomic E-state index is 0. The Morgan fingerprint density at radius 1 is 1.00 bits per heavy atom. The van der Waals surface area contributed by atoms with Gasteiger partial charge in [-0.2, -0.15) is 0 Å². The van der Waals surface area contributed by atoms with E-state index < -0.39 is 0 Å². The molecule has 2 aliphatic rings. The summed E-state index contributed by atoms with van der Waals surface area (Å²) in [5.41, 5.74) is 5.40. The molecule has 1 atom stereocenters. The highest BCUT2D eigenvalue weighted by atomic mass is 35.5. The second-order valence-electron chi connectivity index (χ2n) is 6.71. The average Bonchev–Trinajstić information content (AvgIpc) is 2.82. The first-order valence-corrected chi connectivity index (χ1v) is 8.99. The number of carbonyl (C=O) groups is 2. The van der Waals surface area contributed by atoms with Crippen LogP contribution in [0.3, 0.4) is 0 Å². The Bertz CT molecular complexity index is 371. The molecule has 134 valence electrons. The summed E-state index contributed by atoms with van der Waals surface area (Å²) in [5.74, 6) is 0.539. The molecule has 1 heterocycles. The van der Waals surface area contributed by atoms with Crippen LogP contribution in [-0.4, -0.2) is 42.4 Å². The van der Waals surface area contributed by atoms with Gasteiger partial charge in [-0.1, -0.05) is 25.7 Å². The lowest BCUT2D eigenvalue weighted by molar-refractivity contribution is -0.140. The average molecular weight is 346 g/mol. The lowest BCUT2D eigenvalue weighted by atomic mass is 9.94. The number of hydrogen-bond donors (Lipinski definition) is 2. The normalized spacial score (nSPS) is 22.8. The van der Waals surface area contributed by atoms with E-state index in [0.29, 0.717) is 25.4 Å². The van der Waals surface area contributed by atoms with Gasteiger partial charge in [0.2, 0.25) is 11.8 Å². The lowest BCUT2D eigenvalue weighted by Crippen LogP contribution is -2.51. The zero-order valence-corrected chi connectivity index (χ0v) is 14.9. The Balaban J connectivity index is 0.00000264. The highest BCUT2D eigenvalue weighted by Gasteiger charge is 2.31. The van der Waals surface area contributed by atoms with Crippen molar-refractivity contribution in [2.75, 3.05) is 19.6 Å². The number of carbonyl (C=O) groups excluding carboxylic acids is 2. The molecule has 3 N–H and O–H groups in total. The first-order chi connectivity index (χ1) is 10.7. The summed E-state index contributed by atoms with van der Waals surface area (Å²) in [6.07, 6.45) is 10.6. The number of nitrogens with zero attached hydrogens (tertiary/aromatic N) is 1. The number of rotatable bonds is 5. The summed E-state index contributed by atoms with van der Waals surface area (Å²) in [7, 11) is 0. The smallest absolute Gasteiger partial charge is 0.225 e. The summed E-state index contributed by atoms with van der Waals surface area (Å²) in [6, 6.07) is 0.172. The van der Waals surface area contributed by atoms with Crippen LogP contribution in [0, 0.1) is 5.92 Å². The number of piperidine rings is 1. The van der Waals surface area contributed by atoms with Crippen molar-refractivity contribution in [1.29, 1.82) is 0 Å². The van der Waals surface area contributed by atoms with E-state index in [9.17, 15) is 9.59 Å². The monoisotopic (exact) mass is 345 g/mol. The molecule has 0 bridgehead atoms.